The quantitative estimate of drug-likeness (QED) is 0.298. The molecule has 9 nitrogen and oxygen atoms in total. The van der Waals surface area contributed by atoms with E-state index in [1.54, 1.807) is 7.11 Å². The van der Waals surface area contributed by atoms with E-state index in [9.17, 15) is 0 Å². The number of rotatable bonds is 14. The Balaban J connectivity index is 1.74. The van der Waals surface area contributed by atoms with Crippen LogP contribution in [0.3, 0.4) is 0 Å². The molecule has 188 valence electrons. The van der Waals surface area contributed by atoms with Crippen LogP contribution in [-0.2, 0) is 16.0 Å². The molecule has 0 aliphatic carbocycles. The summed E-state index contributed by atoms with van der Waals surface area (Å²) in [7, 11) is 1.66. The Morgan fingerprint density at radius 3 is 2.20 bits per heavy atom. The minimum absolute atomic E-state index is 0.491. The third-order valence-corrected chi connectivity index (χ3v) is 5.28. The molecule has 3 rings (SSSR count). The van der Waals surface area contributed by atoms with Crippen molar-refractivity contribution >= 4 is 11.9 Å². The van der Waals surface area contributed by atoms with E-state index in [0.717, 1.165) is 28.0 Å². The highest BCUT2D eigenvalue weighted by Crippen LogP contribution is 2.27. The van der Waals surface area contributed by atoms with E-state index in [1.165, 1.54) is 5.56 Å². The molecule has 0 atom stereocenters. The molecule has 3 aromatic rings. The Labute approximate surface area is 207 Å². The first-order valence-corrected chi connectivity index (χ1v) is 11.8. The molecule has 0 spiro atoms. The van der Waals surface area contributed by atoms with Gasteiger partial charge in [0.05, 0.1) is 33.5 Å². The number of benzene rings is 2. The Morgan fingerprint density at radius 2 is 1.51 bits per heavy atom. The number of aryl methyl sites for hydroxylation is 3. The zero-order chi connectivity index (χ0) is 25.0. The molecule has 2 aromatic carbocycles. The van der Waals surface area contributed by atoms with Crippen LogP contribution in [0.1, 0.15) is 22.3 Å². The summed E-state index contributed by atoms with van der Waals surface area (Å²) in [4.78, 5) is 14.0. The summed E-state index contributed by atoms with van der Waals surface area (Å²) in [6, 6.07) is 12.2. The average molecular weight is 481 g/mol. The predicted molar refractivity (Wildman–Crippen MR) is 139 cm³/mol. The van der Waals surface area contributed by atoms with E-state index in [1.807, 2.05) is 24.3 Å². The first-order chi connectivity index (χ1) is 17.0. The lowest BCUT2D eigenvalue weighted by Gasteiger charge is -2.14. The molecule has 0 aliphatic heterocycles. The van der Waals surface area contributed by atoms with Gasteiger partial charge in [-0.25, -0.2) is 0 Å². The number of nitrogens with zero attached hydrogens (tertiary/aromatic N) is 3. The van der Waals surface area contributed by atoms with Crippen molar-refractivity contribution in [3.63, 3.8) is 0 Å². The second kappa shape index (κ2) is 13.6. The molecule has 0 unspecified atom stereocenters. The van der Waals surface area contributed by atoms with Crippen LogP contribution in [0.15, 0.2) is 36.4 Å². The molecule has 0 amide bonds. The topological polar surface area (TPSA) is 116 Å². The van der Waals surface area contributed by atoms with E-state index in [0.29, 0.717) is 63.8 Å². The fourth-order valence-electron chi connectivity index (χ4n) is 3.78. The summed E-state index contributed by atoms with van der Waals surface area (Å²) in [5.74, 6) is 2.42. The SMILES string of the molecule is COc1cccc(CNc2nc(NCCOCCOCCN)nc(-c3c(C)cc(C)cc3C)n2)c1. The van der Waals surface area contributed by atoms with Crippen LogP contribution in [0.2, 0.25) is 0 Å². The summed E-state index contributed by atoms with van der Waals surface area (Å²) >= 11 is 0. The van der Waals surface area contributed by atoms with Crippen LogP contribution >= 0.6 is 0 Å². The van der Waals surface area contributed by atoms with Crippen LogP contribution in [0.25, 0.3) is 11.4 Å². The number of hydrogen-bond acceptors (Lipinski definition) is 9. The minimum Gasteiger partial charge on any atom is -0.497 e. The summed E-state index contributed by atoms with van der Waals surface area (Å²) in [5.41, 5.74) is 10.9. The molecule has 1 heterocycles. The molecule has 1 aromatic heterocycles. The van der Waals surface area contributed by atoms with Gasteiger partial charge >= 0.3 is 0 Å². The second-order valence-electron chi connectivity index (χ2n) is 8.23. The zero-order valence-electron chi connectivity index (χ0n) is 21.1. The van der Waals surface area contributed by atoms with Gasteiger partial charge in [-0.15, -0.1) is 0 Å². The number of nitrogens with one attached hydrogen (secondary N) is 2. The fraction of sp³-hybridized carbons (Fsp3) is 0.423. The molecule has 0 aliphatic rings. The third kappa shape index (κ3) is 8.17. The van der Waals surface area contributed by atoms with Crippen molar-refractivity contribution in [3.05, 3.63) is 58.7 Å². The van der Waals surface area contributed by atoms with Crippen LogP contribution in [0.4, 0.5) is 11.9 Å². The lowest BCUT2D eigenvalue weighted by molar-refractivity contribution is 0.0547. The summed E-state index contributed by atoms with van der Waals surface area (Å²) in [6.07, 6.45) is 0. The van der Waals surface area contributed by atoms with Gasteiger partial charge in [-0.3, -0.25) is 0 Å². The number of ether oxygens (including phenoxy) is 3. The van der Waals surface area contributed by atoms with E-state index in [4.69, 9.17) is 29.9 Å². The first kappa shape index (κ1) is 26.3. The smallest absolute Gasteiger partial charge is 0.228 e. The molecule has 0 radical (unpaired) electrons. The number of methoxy groups -OCH3 is 1. The molecule has 0 saturated heterocycles. The van der Waals surface area contributed by atoms with Crippen molar-refractivity contribution < 1.29 is 14.2 Å². The minimum atomic E-state index is 0.491. The van der Waals surface area contributed by atoms with Crippen molar-refractivity contribution in [1.82, 2.24) is 15.0 Å². The van der Waals surface area contributed by atoms with Crippen molar-refractivity contribution in [1.29, 1.82) is 0 Å². The van der Waals surface area contributed by atoms with Crippen molar-refractivity contribution in [2.24, 2.45) is 5.73 Å². The highest BCUT2D eigenvalue weighted by molar-refractivity contribution is 5.67. The molecular weight excluding hydrogens is 444 g/mol. The highest BCUT2D eigenvalue weighted by Gasteiger charge is 2.14. The van der Waals surface area contributed by atoms with E-state index in [2.05, 4.69) is 48.5 Å². The average Bonchev–Trinajstić information content (AvgIpc) is 2.84. The number of anilines is 2. The summed E-state index contributed by atoms with van der Waals surface area (Å²) < 4.78 is 16.2. The molecular formula is C26H36N6O3. The maximum atomic E-state index is 5.60. The molecule has 9 heteroatoms. The largest absolute Gasteiger partial charge is 0.497 e. The van der Waals surface area contributed by atoms with Crippen molar-refractivity contribution in [2.75, 3.05) is 57.3 Å². The molecule has 0 saturated carbocycles. The number of aromatic nitrogens is 3. The van der Waals surface area contributed by atoms with Gasteiger partial charge in [0.1, 0.15) is 5.75 Å². The van der Waals surface area contributed by atoms with Crippen LogP contribution in [0, 0.1) is 20.8 Å². The summed E-state index contributed by atoms with van der Waals surface area (Å²) in [5, 5.41) is 6.58. The van der Waals surface area contributed by atoms with Gasteiger partial charge in [0.15, 0.2) is 5.82 Å². The number of nitrogens with two attached hydrogens (primary N) is 1. The maximum Gasteiger partial charge on any atom is 0.228 e. The second-order valence-corrected chi connectivity index (χ2v) is 8.23. The Morgan fingerprint density at radius 1 is 0.829 bits per heavy atom. The normalized spacial score (nSPS) is 10.9. The van der Waals surface area contributed by atoms with Crippen LogP contribution < -0.4 is 21.1 Å². The van der Waals surface area contributed by atoms with Gasteiger partial charge < -0.3 is 30.6 Å². The Bertz CT molecular complexity index is 1070. The van der Waals surface area contributed by atoms with Crippen LogP contribution in [-0.4, -0.2) is 61.6 Å². The van der Waals surface area contributed by atoms with E-state index < -0.39 is 0 Å². The highest BCUT2D eigenvalue weighted by atomic mass is 16.5. The molecule has 35 heavy (non-hydrogen) atoms. The lowest BCUT2D eigenvalue weighted by Crippen LogP contribution is -2.16. The van der Waals surface area contributed by atoms with E-state index >= 15 is 0 Å². The van der Waals surface area contributed by atoms with Gasteiger partial charge in [0.2, 0.25) is 11.9 Å². The lowest BCUT2D eigenvalue weighted by atomic mass is 9.99. The maximum absolute atomic E-state index is 5.60. The predicted octanol–water partition coefficient (Wildman–Crippen LogP) is 3.49. The van der Waals surface area contributed by atoms with Gasteiger partial charge in [-0.1, -0.05) is 29.8 Å². The monoisotopic (exact) mass is 480 g/mol. The third-order valence-electron chi connectivity index (χ3n) is 5.28. The molecule has 4 N–H and O–H groups in total. The standard InChI is InChI=1S/C26H36N6O3/c1-18-14-19(2)23(20(3)15-18)24-30-25(28-9-11-35-13-12-34-10-8-27)32-26(31-24)29-17-21-6-5-7-22(16-21)33-4/h5-7,14-16H,8-13,17,27H2,1-4H3,(H2,28,29,30,31,32). The van der Waals surface area contributed by atoms with Gasteiger partial charge in [0.25, 0.3) is 0 Å². The van der Waals surface area contributed by atoms with E-state index in [-0.39, 0.29) is 0 Å². The van der Waals surface area contributed by atoms with Gasteiger partial charge in [0, 0.05) is 25.2 Å². The Kier molecular flexibility index (Phi) is 10.2. The zero-order valence-corrected chi connectivity index (χ0v) is 21.1. The van der Waals surface area contributed by atoms with Gasteiger partial charge in [-0.05, 0) is 49.6 Å². The van der Waals surface area contributed by atoms with Crippen LogP contribution in [0.5, 0.6) is 5.75 Å². The molecule has 0 fully saturated rings. The first-order valence-electron chi connectivity index (χ1n) is 11.8. The Hall–Kier alpha value is -3.27. The fourth-order valence-corrected chi connectivity index (χ4v) is 3.78. The van der Waals surface area contributed by atoms with Gasteiger partial charge in [-0.2, -0.15) is 15.0 Å². The number of hydrogen-bond donors (Lipinski definition) is 3. The summed E-state index contributed by atoms with van der Waals surface area (Å²) in [6.45, 7) is 9.95. The van der Waals surface area contributed by atoms with Crippen molar-refractivity contribution in [2.45, 2.75) is 27.3 Å². The molecule has 0 bridgehead atoms. The van der Waals surface area contributed by atoms with Crippen molar-refractivity contribution in [3.8, 4) is 17.1 Å².